The van der Waals surface area contributed by atoms with Crippen LogP contribution in [0.3, 0.4) is 0 Å². The second kappa shape index (κ2) is 7.31. The van der Waals surface area contributed by atoms with Crippen molar-refractivity contribution in [2.75, 3.05) is 25.7 Å². The quantitative estimate of drug-likeness (QED) is 0.788. The maximum absolute atomic E-state index is 12.4. The van der Waals surface area contributed by atoms with Gasteiger partial charge in [0.2, 0.25) is 5.82 Å². The Kier molecular flexibility index (Phi) is 5.60. The fourth-order valence-corrected chi connectivity index (χ4v) is 2.76. The second-order valence-electron chi connectivity index (χ2n) is 5.06. The van der Waals surface area contributed by atoms with E-state index < -0.39 is 21.8 Å². The zero-order valence-corrected chi connectivity index (χ0v) is 13.9. The van der Waals surface area contributed by atoms with Crippen molar-refractivity contribution >= 4 is 9.73 Å². The molecule has 0 bridgehead atoms. The molecule has 0 saturated heterocycles. The maximum atomic E-state index is 12.4. The highest BCUT2D eigenvalue weighted by Gasteiger charge is 2.38. The first-order valence-electron chi connectivity index (χ1n) is 6.86. The average molecular weight is 363 g/mol. The van der Waals surface area contributed by atoms with Crippen molar-refractivity contribution in [3.8, 4) is 11.4 Å². The zero-order valence-electron chi connectivity index (χ0n) is 13.0. The first-order chi connectivity index (χ1) is 11.2. The molecule has 132 valence electrons. The van der Waals surface area contributed by atoms with Crippen LogP contribution in [-0.2, 0) is 27.2 Å². The number of methoxy groups -OCH3 is 1. The summed E-state index contributed by atoms with van der Waals surface area (Å²) in [6.07, 6.45) is -3.12. The van der Waals surface area contributed by atoms with Gasteiger partial charge in [-0.2, -0.15) is 18.2 Å². The molecule has 0 aliphatic rings. The number of hydrogen-bond donors (Lipinski definition) is 0. The predicted molar refractivity (Wildman–Crippen MR) is 81.7 cm³/mol. The highest BCUT2D eigenvalue weighted by molar-refractivity contribution is 7.92. The fraction of sp³-hybridized carbons (Fsp3) is 0.429. The molecule has 2 aromatic rings. The lowest BCUT2D eigenvalue weighted by Gasteiger charge is -2.04. The number of aromatic nitrogens is 2. The van der Waals surface area contributed by atoms with Gasteiger partial charge < -0.3 is 9.26 Å². The molecule has 24 heavy (non-hydrogen) atoms. The standard InChI is InChI=1S/C14H16F3N3O3S/c1-22-7-8-24(2,21)18-9-10-3-5-11(6-4-10)12-19-13(23-20-12)14(15,16)17/h3-6H,7-9H2,1-2H3. The largest absolute Gasteiger partial charge is 0.471 e. The van der Waals surface area contributed by atoms with E-state index in [1.165, 1.54) is 7.11 Å². The number of alkyl halides is 3. The van der Waals surface area contributed by atoms with Crippen LogP contribution in [-0.4, -0.2) is 40.1 Å². The van der Waals surface area contributed by atoms with E-state index in [1.807, 2.05) is 0 Å². The Labute approximate surface area is 137 Å². The second-order valence-corrected chi connectivity index (χ2v) is 7.65. The molecule has 1 heterocycles. The summed E-state index contributed by atoms with van der Waals surface area (Å²) in [5, 5.41) is 3.31. The molecule has 0 radical (unpaired) electrons. The van der Waals surface area contributed by atoms with Crippen molar-refractivity contribution in [2.45, 2.75) is 12.7 Å². The number of rotatable bonds is 6. The van der Waals surface area contributed by atoms with Gasteiger partial charge in [0.15, 0.2) is 0 Å². The van der Waals surface area contributed by atoms with Gasteiger partial charge in [-0.3, -0.25) is 0 Å². The monoisotopic (exact) mass is 363 g/mol. The van der Waals surface area contributed by atoms with Crippen LogP contribution in [0.5, 0.6) is 0 Å². The smallest absolute Gasteiger partial charge is 0.384 e. The molecular weight excluding hydrogens is 347 g/mol. The van der Waals surface area contributed by atoms with E-state index in [0.29, 0.717) is 17.9 Å². The van der Waals surface area contributed by atoms with Gasteiger partial charge in [0.05, 0.1) is 18.9 Å². The molecule has 2 rings (SSSR count). The summed E-state index contributed by atoms with van der Waals surface area (Å²) in [5.74, 6) is -1.20. The number of nitrogens with zero attached hydrogens (tertiary/aromatic N) is 3. The van der Waals surface area contributed by atoms with E-state index >= 15 is 0 Å². The SMILES string of the molecule is COCCS(C)(=O)=NCc1ccc(-c2noc(C(F)(F)F)n2)cc1. The van der Waals surface area contributed by atoms with Gasteiger partial charge in [-0.05, 0) is 5.56 Å². The molecule has 1 atom stereocenters. The van der Waals surface area contributed by atoms with Crippen molar-refractivity contribution in [3.63, 3.8) is 0 Å². The van der Waals surface area contributed by atoms with Gasteiger partial charge in [-0.15, -0.1) is 0 Å². The minimum Gasteiger partial charge on any atom is -0.384 e. The van der Waals surface area contributed by atoms with E-state index in [1.54, 1.807) is 30.5 Å². The van der Waals surface area contributed by atoms with Crippen LogP contribution in [0.4, 0.5) is 13.2 Å². The van der Waals surface area contributed by atoms with Crippen LogP contribution in [0.15, 0.2) is 33.2 Å². The fourth-order valence-electron chi connectivity index (χ4n) is 1.73. The lowest BCUT2D eigenvalue weighted by atomic mass is 10.1. The topological polar surface area (TPSA) is 77.6 Å². The Morgan fingerprint density at radius 2 is 1.96 bits per heavy atom. The molecular formula is C14H16F3N3O3S. The van der Waals surface area contributed by atoms with Crippen LogP contribution in [0.2, 0.25) is 0 Å². The summed E-state index contributed by atoms with van der Waals surface area (Å²) in [6.45, 7) is 0.594. The van der Waals surface area contributed by atoms with Crippen LogP contribution in [0.25, 0.3) is 11.4 Å². The van der Waals surface area contributed by atoms with Crippen LogP contribution in [0, 0.1) is 0 Å². The first-order valence-corrected chi connectivity index (χ1v) is 8.95. The summed E-state index contributed by atoms with van der Waals surface area (Å²) in [7, 11) is -0.808. The molecule has 10 heteroatoms. The van der Waals surface area contributed by atoms with Crippen LogP contribution >= 0.6 is 0 Å². The average Bonchev–Trinajstić information content (AvgIpc) is 3.02. The van der Waals surface area contributed by atoms with Crippen molar-refractivity contribution in [1.29, 1.82) is 0 Å². The number of benzene rings is 1. The number of ether oxygens (including phenoxy) is 1. The molecule has 0 saturated carbocycles. The molecule has 0 aliphatic heterocycles. The van der Waals surface area contributed by atoms with Gasteiger partial charge in [-0.25, -0.2) is 8.57 Å². The van der Waals surface area contributed by atoms with Crippen molar-refractivity contribution < 1.29 is 26.6 Å². The third-order valence-electron chi connectivity index (χ3n) is 3.07. The van der Waals surface area contributed by atoms with Gasteiger partial charge in [-0.1, -0.05) is 29.4 Å². The van der Waals surface area contributed by atoms with E-state index in [-0.39, 0.29) is 12.4 Å². The highest BCUT2D eigenvalue weighted by Crippen LogP contribution is 2.29. The first kappa shape index (κ1) is 18.4. The molecule has 1 unspecified atom stereocenters. The Balaban J connectivity index is 2.10. The van der Waals surface area contributed by atoms with E-state index in [9.17, 15) is 17.4 Å². The zero-order chi connectivity index (χ0) is 17.8. The van der Waals surface area contributed by atoms with E-state index in [2.05, 4.69) is 19.0 Å². The van der Waals surface area contributed by atoms with Crippen molar-refractivity contribution in [3.05, 3.63) is 35.7 Å². The summed E-state index contributed by atoms with van der Waals surface area (Å²) in [4.78, 5) is 3.31. The Bertz CT molecular complexity index is 794. The summed E-state index contributed by atoms with van der Waals surface area (Å²) in [6, 6.07) is 6.44. The third kappa shape index (κ3) is 5.03. The molecule has 6 nitrogen and oxygen atoms in total. The summed E-state index contributed by atoms with van der Waals surface area (Å²) >= 11 is 0. The lowest BCUT2D eigenvalue weighted by molar-refractivity contribution is -0.159. The number of hydrogen-bond acceptors (Lipinski definition) is 6. The molecule has 0 N–H and O–H groups in total. The van der Waals surface area contributed by atoms with Crippen LogP contribution < -0.4 is 0 Å². The predicted octanol–water partition coefficient (Wildman–Crippen LogP) is 3.00. The van der Waals surface area contributed by atoms with Crippen molar-refractivity contribution in [1.82, 2.24) is 10.1 Å². The molecule has 1 aromatic carbocycles. The Morgan fingerprint density at radius 1 is 1.29 bits per heavy atom. The lowest BCUT2D eigenvalue weighted by Crippen LogP contribution is -2.09. The van der Waals surface area contributed by atoms with Gasteiger partial charge in [0, 0.05) is 28.7 Å². The maximum Gasteiger partial charge on any atom is 0.471 e. The Morgan fingerprint density at radius 3 is 2.50 bits per heavy atom. The summed E-state index contributed by atoms with van der Waals surface area (Å²) < 4.78 is 62.6. The molecule has 0 spiro atoms. The normalized spacial score (nSPS) is 14.4. The van der Waals surface area contributed by atoms with Gasteiger partial charge in [0.1, 0.15) is 0 Å². The van der Waals surface area contributed by atoms with Crippen LogP contribution in [0.1, 0.15) is 11.5 Å². The van der Waals surface area contributed by atoms with E-state index in [0.717, 1.165) is 5.56 Å². The minimum absolute atomic E-state index is 0.148. The minimum atomic E-state index is -4.67. The third-order valence-corrected chi connectivity index (χ3v) is 4.67. The number of halogens is 3. The highest BCUT2D eigenvalue weighted by atomic mass is 32.2. The molecule has 0 amide bonds. The van der Waals surface area contributed by atoms with Gasteiger partial charge in [0.25, 0.3) is 0 Å². The Hall–Kier alpha value is -1.94. The molecule has 1 aromatic heterocycles. The molecule has 0 aliphatic carbocycles. The van der Waals surface area contributed by atoms with Gasteiger partial charge >= 0.3 is 12.1 Å². The summed E-state index contributed by atoms with van der Waals surface area (Å²) in [5.41, 5.74) is 1.15. The van der Waals surface area contributed by atoms with E-state index in [4.69, 9.17) is 4.74 Å². The molecule has 0 fully saturated rings. The van der Waals surface area contributed by atoms with Crippen molar-refractivity contribution in [2.24, 2.45) is 4.36 Å².